The molecular weight excluding hydrogens is 586 g/mol. The Kier molecular flexibility index (Phi) is 9.76. The van der Waals surface area contributed by atoms with Crippen LogP contribution >= 0.6 is 0 Å². The van der Waals surface area contributed by atoms with E-state index in [1.54, 1.807) is 48.5 Å². The molecule has 1 fully saturated rings. The third kappa shape index (κ3) is 9.01. The first kappa shape index (κ1) is 31.0. The summed E-state index contributed by atoms with van der Waals surface area (Å²) in [6, 6.07) is 25.9. The number of urea groups is 1. The molecule has 4 aromatic carbocycles. The highest BCUT2D eigenvalue weighted by Gasteiger charge is 2.24. The Bertz CT molecular complexity index is 1660. The van der Waals surface area contributed by atoms with E-state index >= 15 is 0 Å². The van der Waals surface area contributed by atoms with Gasteiger partial charge in [0, 0.05) is 37.1 Å². The van der Waals surface area contributed by atoms with E-state index in [1.807, 2.05) is 24.3 Å². The Labute approximate surface area is 256 Å². The highest BCUT2D eigenvalue weighted by atomic mass is 32.2. The number of carbonyl (C=O) groups is 1. The number of hydrogen-bond donors (Lipinski definition) is 2. The first-order chi connectivity index (χ1) is 21.1. The fourth-order valence-electron chi connectivity index (χ4n) is 5.07. The van der Waals surface area contributed by atoms with Gasteiger partial charge in [-0.05, 0) is 96.8 Å². The average molecular weight is 621 g/mol. The quantitative estimate of drug-likeness (QED) is 0.211. The van der Waals surface area contributed by atoms with E-state index in [2.05, 4.69) is 14.9 Å². The van der Waals surface area contributed by atoms with Crippen LogP contribution in [0.15, 0.2) is 97.1 Å². The van der Waals surface area contributed by atoms with Crippen molar-refractivity contribution in [1.82, 2.24) is 10.2 Å². The van der Waals surface area contributed by atoms with Gasteiger partial charge < -0.3 is 10.1 Å². The lowest BCUT2D eigenvalue weighted by atomic mass is 10.0. The van der Waals surface area contributed by atoms with Crippen LogP contribution in [-0.4, -0.2) is 44.7 Å². The van der Waals surface area contributed by atoms with Gasteiger partial charge in [-0.2, -0.15) is 0 Å². The molecule has 4 aromatic rings. The summed E-state index contributed by atoms with van der Waals surface area (Å²) in [6.45, 7) is 2.52. The van der Waals surface area contributed by atoms with E-state index in [9.17, 15) is 22.0 Å². The smallest absolute Gasteiger partial charge is 0.322 e. The lowest BCUT2D eigenvalue weighted by Crippen LogP contribution is -2.49. The van der Waals surface area contributed by atoms with E-state index < -0.39 is 15.8 Å². The van der Waals surface area contributed by atoms with Gasteiger partial charge in [0.2, 0.25) is 10.0 Å². The van der Waals surface area contributed by atoms with Gasteiger partial charge >= 0.3 is 6.03 Å². The summed E-state index contributed by atoms with van der Waals surface area (Å²) in [5, 5.41) is 3.12. The van der Waals surface area contributed by atoms with Crippen molar-refractivity contribution in [3.63, 3.8) is 0 Å². The molecule has 1 heterocycles. The molecule has 44 heavy (non-hydrogen) atoms. The molecule has 0 bridgehead atoms. The minimum atomic E-state index is -3.34. The second-order valence-electron chi connectivity index (χ2n) is 10.8. The highest BCUT2D eigenvalue weighted by molar-refractivity contribution is 7.92. The number of ether oxygens (including phenoxy) is 1. The van der Waals surface area contributed by atoms with Crippen molar-refractivity contribution in [3.05, 3.63) is 120 Å². The van der Waals surface area contributed by atoms with Gasteiger partial charge in [0.1, 0.15) is 23.1 Å². The van der Waals surface area contributed by atoms with Crippen LogP contribution in [0.3, 0.4) is 0 Å². The molecule has 8 nitrogen and oxygen atoms in total. The fraction of sp³-hybridized carbons (Fsp3) is 0.242. The minimum Gasteiger partial charge on any atom is -0.457 e. The van der Waals surface area contributed by atoms with Crippen molar-refractivity contribution >= 4 is 27.4 Å². The van der Waals surface area contributed by atoms with E-state index in [4.69, 9.17) is 4.74 Å². The number of benzene rings is 4. The number of amides is 2. The molecule has 2 N–H and O–H groups in total. The lowest BCUT2D eigenvalue weighted by Gasteiger charge is -2.34. The highest BCUT2D eigenvalue weighted by Crippen LogP contribution is 2.25. The van der Waals surface area contributed by atoms with Crippen molar-refractivity contribution in [1.29, 1.82) is 0 Å². The largest absolute Gasteiger partial charge is 0.457 e. The van der Waals surface area contributed by atoms with Crippen LogP contribution in [0, 0.1) is 11.6 Å². The number of halogens is 2. The number of piperidine rings is 1. The summed E-state index contributed by atoms with van der Waals surface area (Å²) < 4.78 is 58.4. The molecule has 1 aliphatic heterocycles. The first-order valence-corrected chi connectivity index (χ1v) is 16.1. The monoisotopic (exact) mass is 620 g/mol. The summed E-state index contributed by atoms with van der Waals surface area (Å²) in [7, 11) is -3.34. The van der Waals surface area contributed by atoms with Crippen molar-refractivity contribution in [2.45, 2.75) is 32.0 Å². The second-order valence-corrected chi connectivity index (χ2v) is 12.6. The maximum Gasteiger partial charge on any atom is 0.322 e. The molecule has 11 heteroatoms. The zero-order chi connectivity index (χ0) is 31.1. The molecule has 1 aliphatic rings. The molecule has 0 radical (unpaired) electrons. The Morgan fingerprint density at radius 3 is 2.11 bits per heavy atom. The number of nitrogens with zero attached hydrogens (tertiary/aromatic N) is 2. The van der Waals surface area contributed by atoms with Crippen molar-refractivity contribution < 1.29 is 26.7 Å². The number of nitrogens with one attached hydrogen (secondary N) is 2. The molecular formula is C33H34F2N4O4S. The summed E-state index contributed by atoms with van der Waals surface area (Å²) in [4.78, 5) is 17.2. The van der Waals surface area contributed by atoms with E-state index in [0.717, 1.165) is 44.3 Å². The number of sulfonamides is 1. The minimum absolute atomic E-state index is 0.0241. The van der Waals surface area contributed by atoms with Crippen LogP contribution in [-0.2, 0) is 23.1 Å². The molecule has 0 saturated carbocycles. The zero-order valence-electron chi connectivity index (χ0n) is 24.2. The topological polar surface area (TPSA) is 91.0 Å². The normalized spacial score (nSPS) is 14.2. The lowest BCUT2D eigenvalue weighted by molar-refractivity contribution is 0.188. The Hall–Kier alpha value is -4.48. The molecule has 0 unspecified atom stereocenters. The number of hydrogen-bond acceptors (Lipinski definition) is 5. The molecule has 230 valence electrons. The van der Waals surface area contributed by atoms with Crippen LogP contribution < -0.4 is 19.7 Å². The number of anilines is 2. The van der Waals surface area contributed by atoms with Crippen LogP contribution in [0.25, 0.3) is 0 Å². The predicted molar refractivity (Wildman–Crippen MR) is 167 cm³/mol. The average Bonchev–Trinajstić information content (AvgIpc) is 2.99. The summed E-state index contributed by atoms with van der Waals surface area (Å²) in [5.41, 5.74) is 2.76. The maximum absolute atomic E-state index is 13.8. The third-order valence-electron chi connectivity index (χ3n) is 7.25. The van der Waals surface area contributed by atoms with Crippen molar-refractivity contribution in [3.8, 4) is 11.5 Å². The summed E-state index contributed by atoms with van der Waals surface area (Å²) in [6.07, 6.45) is 2.64. The van der Waals surface area contributed by atoms with Crippen LogP contribution in [0.4, 0.5) is 25.0 Å². The van der Waals surface area contributed by atoms with Gasteiger partial charge in [-0.25, -0.2) is 22.0 Å². The summed E-state index contributed by atoms with van der Waals surface area (Å²) >= 11 is 0. The molecule has 0 atom stereocenters. The van der Waals surface area contributed by atoms with Gasteiger partial charge in [0.15, 0.2) is 0 Å². The van der Waals surface area contributed by atoms with Gasteiger partial charge in [-0.3, -0.25) is 14.5 Å². The van der Waals surface area contributed by atoms with Gasteiger partial charge in [-0.15, -0.1) is 0 Å². The van der Waals surface area contributed by atoms with E-state index in [-0.39, 0.29) is 24.4 Å². The van der Waals surface area contributed by atoms with Gasteiger partial charge in [0.05, 0.1) is 12.8 Å². The molecule has 1 saturated heterocycles. The number of likely N-dealkylation sites (tertiary alicyclic amines) is 1. The first-order valence-electron chi connectivity index (χ1n) is 14.2. The van der Waals surface area contributed by atoms with E-state index in [1.165, 1.54) is 29.2 Å². The molecule has 5 rings (SSSR count). The van der Waals surface area contributed by atoms with Crippen molar-refractivity contribution in [2.24, 2.45) is 0 Å². The number of rotatable bonds is 10. The Morgan fingerprint density at radius 1 is 0.864 bits per heavy atom. The van der Waals surface area contributed by atoms with Gasteiger partial charge in [0.25, 0.3) is 0 Å². The molecule has 0 aromatic heterocycles. The second kappa shape index (κ2) is 13.9. The summed E-state index contributed by atoms with van der Waals surface area (Å²) in [5.74, 6) is 0.482. The van der Waals surface area contributed by atoms with Crippen LogP contribution in [0.5, 0.6) is 11.5 Å². The maximum atomic E-state index is 13.8. The molecule has 0 spiro atoms. The zero-order valence-corrected chi connectivity index (χ0v) is 25.1. The standard InChI is InChI=1S/C33H34F2N4O4S/c1-44(41,42)37-29-9-15-32(16-10-29)43-31-13-5-24(6-14-31)22-38-19-17-28(18-20-38)36-33(40)39(30-11-7-26(34)8-12-30)23-25-3-2-4-27(35)21-25/h2-16,21,28,37H,17-20,22-23H2,1H3,(H,36,40). The fourth-order valence-corrected chi connectivity index (χ4v) is 5.63. The van der Waals surface area contributed by atoms with E-state index in [0.29, 0.717) is 28.4 Å². The van der Waals surface area contributed by atoms with Gasteiger partial charge in [-0.1, -0.05) is 24.3 Å². The van der Waals surface area contributed by atoms with Crippen LogP contribution in [0.2, 0.25) is 0 Å². The third-order valence-corrected chi connectivity index (χ3v) is 7.86. The van der Waals surface area contributed by atoms with Crippen LogP contribution in [0.1, 0.15) is 24.0 Å². The molecule has 2 amide bonds. The predicted octanol–water partition coefficient (Wildman–Crippen LogP) is 6.51. The Balaban J connectivity index is 1.12. The molecule has 0 aliphatic carbocycles. The Morgan fingerprint density at radius 2 is 1.50 bits per heavy atom. The number of carbonyl (C=O) groups excluding carboxylic acids is 1. The SMILES string of the molecule is CS(=O)(=O)Nc1ccc(Oc2ccc(CN3CCC(NC(=O)N(Cc4cccc(F)c4)c4ccc(F)cc4)CC3)cc2)cc1. The van der Waals surface area contributed by atoms with Crippen molar-refractivity contribution in [2.75, 3.05) is 29.0 Å².